The van der Waals surface area contributed by atoms with Crippen LogP contribution < -0.4 is 10.1 Å². The van der Waals surface area contributed by atoms with Gasteiger partial charge in [0.2, 0.25) is 0 Å². The van der Waals surface area contributed by atoms with Gasteiger partial charge >= 0.3 is 0 Å². The van der Waals surface area contributed by atoms with Gasteiger partial charge in [0, 0.05) is 37.8 Å². The van der Waals surface area contributed by atoms with Crippen LogP contribution in [0.2, 0.25) is 0 Å². The van der Waals surface area contributed by atoms with Crippen LogP contribution in [0.15, 0.2) is 28.8 Å². The van der Waals surface area contributed by atoms with Gasteiger partial charge in [-0.25, -0.2) is 0 Å². The molecule has 136 valence electrons. The molecule has 0 aliphatic carbocycles. The minimum Gasteiger partial charge on any atom is -0.497 e. The third-order valence-electron chi connectivity index (χ3n) is 4.81. The molecule has 6 nitrogen and oxygen atoms in total. The van der Waals surface area contributed by atoms with Crippen molar-refractivity contribution in [3.05, 3.63) is 46.8 Å². The van der Waals surface area contributed by atoms with E-state index in [4.69, 9.17) is 14.0 Å². The highest BCUT2D eigenvalue weighted by Gasteiger charge is 2.22. The highest BCUT2D eigenvalue weighted by Crippen LogP contribution is 2.24. The van der Waals surface area contributed by atoms with E-state index in [1.807, 2.05) is 26.0 Å². The summed E-state index contributed by atoms with van der Waals surface area (Å²) in [6.07, 6.45) is 0. The van der Waals surface area contributed by atoms with Gasteiger partial charge in [-0.05, 0) is 31.5 Å². The number of benzene rings is 1. The number of nitrogens with zero attached hydrogens (tertiary/aromatic N) is 2. The van der Waals surface area contributed by atoms with Crippen molar-refractivity contribution in [2.24, 2.45) is 0 Å². The van der Waals surface area contributed by atoms with E-state index >= 15 is 0 Å². The normalized spacial score (nSPS) is 16.8. The maximum absolute atomic E-state index is 5.51. The van der Waals surface area contributed by atoms with Gasteiger partial charge in [0.05, 0.1) is 26.0 Å². The van der Waals surface area contributed by atoms with E-state index in [-0.39, 0.29) is 0 Å². The van der Waals surface area contributed by atoms with E-state index in [9.17, 15) is 0 Å². The molecule has 1 saturated heterocycles. The summed E-state index contributed by atoms with van der Waals surface area (Å²) in [7, 11) is 1.69. The van der Waals surface area contributed by atoms with Gasteiger partial charge in [-0.2, -0.15) is 0 Å². The Kier molecular flexibility index (Phi) is 6.07. The van der Waals surface area contributed by atoms with Crippen LogP contribution in [0, 0.1) is 13.8 Å². The predicted octanol–water partition coefficient (Wildman–Crippen LogP) is 2.46. The minimum absolute atomic E-state index is 0.301. The van der Waals surface area contributed by atoms with Gasteiger partial charge in [0.1, 0.15) is 11.5 Å². The molecule has 0 radical (unpaired) electrons. The predicted molar refractivity (Wildman–Crippen MR) is 95.8 cm³/mol. The van der Waals surface area contributed by atoms with Crippen molar-refractivity contribution in [3.8, 4) is 5.75 Å². The summed E-state index contributed by atoms with van der Waals surface area (Å²) in [6.45, 7) is 9.03. The van der Waals surface area contributed by atoms with Crippen molar-refractivity contribution >= 4 is 0 Å². The van der Waals surface area contributed by atoms with Crippen molar-refractivity contribution in [2.45, 2.75) is 26.4 Å². The molecule has 1 N–H and O–H groups in total. The van der Waals surface area contributed by atoms with Gasteiger partial charge < -0.3 is 19.3 Å². The van der Waals surface area contributed by atoms with E-state index in [0.717, 1.165) is 62.2 Å². The number of hydrogen-bond donors (Lipinski definition) is 1. The number of morpholine rings is 1. The zero-order chi connectivity index (χ0) is 17.6. The summed E-state index contributed by atoms with van der Waals surface area (Å²) in [4.78, 5) is 2.48. The Hall–Kier alpha value is -1.89. The van der Waals surface area contributed by atoms with E-state index in [0.29, 0.717) is 6.04 Å². The summed E-state index contributed by atoms with van der Waals surface area (Å²) >= 11 is 0. The van der Waals surface area contributed by atoms with Crippen molar-refractivity contribution < 1.29 is 14.0 Å². The number of nitrogens with one attached hydrogen (secondary N) is 1. The Morgan fingerprint density at radius 3 is 2.52 bits per heavy atom. The summed E-state index contributed by atoms with van der Waals surface area (Å²) in [5.41, 5.74) is 3.39. The number of ether oxygens (including phenoxy) is 2. The summed E-state index contributed by atoms with van der Waals surface area (Å²) in [5, 5.41) is 7.61. The van der Waals surface area contributed by atoms with Crippen LogP contribution in [0.1, 0.15) is 28.6 Å². The number of aryl methyl sites for hydroxylation is 2. The zero-order valence-corrected chi connectivity index (χ0v) is 15.2. The highest BCUT2D eigenvalue weighted by molar-refractivity contribution is 5.29. The lowest BCUT2D eigenvalue weighted by Gasteiger charge is -2.35. The molecule has 3 rings (SSSR count). The molecule has 1 fully saturated rings. The molecule has 25 heavy (non-hydrogen) atoms. The van der Waals surface area contributed by atoms with Crippen LogP contribution in [-0.4, -0.2) is 50.0 Å². The fourth-order valence-corrected chi connectivity index (χ4v) is 3.26. The Morgan fingerprint density at radius 2 is 1.92 bits per heavy atom. The fraction of sp³-hybridized carbons (Fsp3) is 0.526. The lowest BCUT2D eigenvalue weighted by atomic mass is 10.0. The molecule has 1 aromatic heterocycles. The molecule has 6 heteroatoms. The molecule has 1 aromatic carbocycles. The average Bonchev–Trinajstić information content (AvgIpc) is 2.98. The van der Waals surface area contributed by atoms with Crippen LogP contribution in [0.25, 0.3) is 0 Å². The summed E-state index contributed by atoms with van der Waals surface area (Å²) in [6, 6.07) is 8.65. The molecule has 0 amide bonds. The van der Waals surface area contributed by atoms with Gasteiger partial charge in [-0.15, -0.1) is 0 Å². The lowest BCUT2D eigenvalue weighted by molar-refractivity contribution is 0.0161. The smallest absolute Gasteiger partial charge is 0.138 e. The SMILES string of the molecule is COc1ccc([C@H](CNCc2c(C)noc2C)N2CCOCC2)cc1. The van der Waals surface area contributed by atoms with Crippen molar-refractivity contribution in [2.75, 3.05) is 40.0 Å². The van der Waals surface area contributed by atoms with Crippen molar-refractivity contribution in [3.63, 3.8) is 0 Å². The summed E-state index contributed by atoms with van der Waals surface area (Å²) in [5.74, 6) is 1.77. The molecule has 0 bridgehead atoms. The maximum atomic E-state index is 5.51. The van der Waals surface area contributed by atoms with Gasteiger partial charge in [-0.1, -0.05) is 17.3 Å². The second-order valence-electron chi connectivity index (χ2n) is 6.37. The Labute approximate surface area is 149 Å². The largest absolute Gasteiger partial charge is 0.497 e. The van der Waals surface area contributed by atoms with Crippen molar-refractivity contribution in [1.82, 2.24) is 15.4 Å². The molecule has 0 spiro atoms. The van der Waals surface area contributed by atoms with Crippen molar-refractivity contribution in [1.29, 1.82) is 0 Å². The van der Waals surface area contributed by atoms with Crippen LogP contribution in [0.5, 0.6) is 5.75 Å². The van der Waals surface area contributed by atoms with Gasteiger partial charge in [-0.3, -0.25) is 4.90 Å². The van der Waals surface area contributed by atoms with Crippen LogP contribution in [-0.2, 0) is 11.3 Å². The molecule has 2 aromatic rings. The van der Waals surface area contributed by atoms with Crippen LogP contribution in [0.3, 0.4) is 0 Å². The standard InChI is InChI=1S/C19H27N3O3/c1-14-18(15(2)25-21-14)12-20-13-19(22-8-10-24-11-9-22)16-4-6-17(23-3)7-5-16/h4-7,19-20H,8-13H2,1-3H3/t19-/m0/s1. The first-order chi connectivity index (χ1) is 12.2. The molecule has 1 atom stereocenters. The van der Waals surface area contributed by atoms with Gasteiger partial charge in [0.25, 0.3) is 0 Å². The molecular formula is C19H27N3O3. The highest BCUT2D eigenvalue weighted by atomic mass is 16.5. The molecular weight excluding hydrogens is 318 g/mol. The molecule has 2 heterocycles. The Morgan fingerprint density at radius 1 is 1.20 bits per heavy atom. The minimum atomic E-state index is 0.301. The third-order valence-corrected chi connectivity index (χ3v) is 4.81. The van der Waals surface area contributed by atoms with Crippen LogP contribution in [0.4, 0.5) is 0 Å². The first kappa shape index (κ1) is 17.9. The fourth-order valence-electron chi connectivity index (χ4n) is 3.26. The van der Waals surface area contributed by atoms with E-state index in [1.165, 1.54) is 5.56 Å². The Balaban J connectivity index is 1.69. The zero-order valence-electron chi connectivity index (χ0n) is 15.2. The first-order valence-corrected chi connectivity index (χ1v) is 8.77. The van der Waals surface area contributed by atoms with E-state index < -0.39 is 0 Å². The second-order valence-corrected chi connectivity index (χ2v) is 6.37. The van der Waals surface area contributed by atoms with Crippen LogP contribution >= 0.6 is 0 Å². The molecule has 1 aliphatic rings. The average molecular weight is 345 g/mol. The molecule has 0 saturated carbocycles. The number of aromatic nitrogens is 1. The molecule has 1 aliphatic heterocycles. The number of rotatable bonds is 7. The maximum Gasteiger partial charge on any atom is 0.138 e. The quantitative estimate of drug-likeness (QED) is 0.832. The van der Waals surface area contributed by atoms with E-state index in [2.05, 4.69) is 27.5 Å². The van der Waals surface area contributed by atoms with Gasteiger partial charge in [0.15, 0.2) is 0 Å². The Bertz CT molecular complexity index is 644. The second kappa shape index (κ2) is 8.47. The number of hydrogen-bond acceptors (Lipinski definition) is 6. The monoisotopic (exact) mass is 345 g/mol. The summed E-state index contributed by atoms with van der Waals surface area (Å²) < 4.78 is 16.0. The third kappa shape index (κ3) is 4.39. The lowest BCUT2D eigenvalue weighted by Crippen LogP contribution is -2.42. The first-order valence-electron chi connectivity index (χ1n) is 8.77. The number of methoxy groups -OCH3 is 1. The topological polar surface area (TPSA) is 59.8 Å². The van der Waals surface area contributed by atoms with E-state index in [1.54, 1.807) is 7.11 Å². The molecule has 0 unspecified atom stereocenters.